The molecule has 3 rings (SSSR count). The third kappa shape index (κ3) is 3.52. The predicted octanol–water partition coefficient (Wildman–Crippen LogP) is 5.67. The molecular weight excluding hydrogens is 363 g/mol. The highest BCUT2D eigenvalue weighted by Crippen LogP contribution is 2.42. The molecule has 0 spiro atoms. The standard InChI is InChI=1S/C19H14ClFO3S/c1-23-13-6-3-11(4-7-13)15-10-17(19(22)24-2)25-18(15)14-8-5-12(21)9-16(14)20/h3-10H,1-2H3. The monoisotopic (exact) mass is 376 g/mol. The number of halogens is 2. The van der Waals surface area contributed by atoms with E-state index in [4.69, 9.17) is 21.1 Å². The molecule has 0 aliphatic carbocycles. The second-order valence-electron chi connectivity index (χ2n) is 5.20. The molecule has 3 nitrogen and oxygen atoms in total. The van der Waals surface area contributed by atoms with Crippen LogP contribution in [0.4, 0.5) is 4.39 Å². The van der Waals surface area contributed by atoms with Gasteiger partial charge in [0.05, 0.1) is 19.2 Å². The van der Waals surface area contributed by atoms with E-state index in [1.807, 2.05) is 24.3 Å². The summed E-state index contributed by atoms with van der Waals surface area (Å²) in [6.07, 6.45) is 0. The zero-order chi connectivity index (χ0) is 18.0. The predicted molar refractivity (Wildman–Crippen MR) is 98.1 cm³/mol. The lowest BCUT2D eigenvalue weighted by Gasteiger charge is -2.07. The van der Waals surface area contributed by atoms with Gasteiger partial charge in [-0.3, -0.25) is 0 Å². The van der Waals surface area contributed by atoms with E-state index in [1.165, 1.54) is 30.6 Å². The van der Waals surface area contributed by atoms with Crippen molar-refractivity contribution in [1.82, 2.24) is 0 Å². The average Bonchev–Trinajstić information content (AvgIpc) is 3.06. The lowest BCUT2D eigenvalue weighted by atomic mass is 10.0. The van der Waals surface area contributed by atoms with Crippen molar-refractivity contribution in [2.45, 2.75) is 0 Å². The van der Waals surface area contributed by atoms with Crippen molar-refractivity contribution in [2.75, 3.05) is 14.2 Å². The van der Waals surface area contributed by atoms with Gasteiger partial charge < -0.3 is 9.47 Å². The van der Waals surface area contributed by atoms with Crippen molar-refractivity contribution in [3.8, 4) is 27.3 Å². The third-order valence-electron chi connectivity index (χ3n) is 3.70. The van der Waals surface area contributed by atoms with Crippen LogP contribution in [0, 0.1) is 5.82 Å². The molecule has 0 saturated heterocycles. The number of ether oxygens (including phenoxy) is 2. The molecule has 0 amide bonds. The van der Waals surface area contributed by atoms with Crippen LogP contribution in [0.5, 0.6) is 5.75 Å². The number of benzene rings is 2. The van der Waals surface area contributed by atoms with Crippen molar-refractivity contribution < 1.29 is 18.7 Å². The Bertz CT molecular complexity index is 919. The summed E-state index contributed by atoms with van der Waals surface area (Å²) in [5, 5.41) is 0.285. The zero-order valence-corrected chi connectivity index (χ0v) is 15.1. The van der Waals surface area contributed by atoms with Crippen LogP contribution in [-0.4, -0.2) is 20.2 Å². The van der Waals surface area contributed by atoms with Crippen LogP contribution in [-0.2, 0) is 4.74 Å². The smallest absolute Gasteiger partial charge is 0.348 e. The van der Waals surface area contributed by atoms with Gasteiger partial charge in [-0.05, 0) is 42.0 Å². The van der Waals surface area contributed by atoms with Gasteiger partial charge in [-0.25, -0.2) is 9.18 Å². The zero-order valence-electron chi connectivity index (χ0n) is 13.5. The van der Waals surface area contributed by atoms with Gasteiger partial charge >= 0.3 is 5.97 Å². The average molecular weight is 377 g/mol. The number of carbonyl (C=O) groups excluding carboxylic acids is 1. The Hall–Kier alpha value is -2.37. The fraction of sp³-hybridized carbons (Fsp3) is 0.105. The quantitative estimate of drug-likeness (QED) is 0.550. The van der Waals surface area contributed by atoms with Gasteiger partial charge in [0.2, 0.25) is 0 Å². The van der Waals surface area contributed by atoms with E-state index in [9.17, 15) is 9.18 Å². The second-order valence-corrected chi connectivity index (χ2v) is 6.66. The number of esters is 1. The number of carbonyl (C=O) groups is 1. The minimum absolute atomic E-state index is 0.285. The number of hydrogen-bond donors (Lipinski definition) is 0. The van der Waals surface area contributed by atoms with Gasteiger partial charge in [0.1, 0.15) is 16.4 Å². The van der Waals surface area contributed by atoms with Gasteiger partial charge in [0, 0.05) is 16.0 Å². The molecule has 128 valence electrons. The van der Waals surface area contributed by atoms with E-state index >= 15 is 0 Å². The Labute approximate surface area is 153 Å². The Morgan fingerprint density at radius 3 is 2.36 bits per heavy atom. The highest BCUT2D eigenvalue weighted by Gasteiger charge is 2.19. The molecule has 0 radical (unpaired) electrons. The van der Waals surface area contributed by atoms with Gasteiger partial charge in [-0.15, -0.1) is 11.3 Å². The summed E-state index contributed by atoms with van der Waals surface area (Å²) < 4.78 is 23.4. The van der Waals surface area contributed by atoms with Crippen molar-refractivity contribution in [1.29, 1.82) is 0 Å². The van der Waals surface area contributed by atoms with E-state index in [1.54, 1.807) is 19.2 Å². The molecule has 0 N–H and O–H groups in total. The maximum absolute atomic E-state index is 13.4. The molecule has 6 heteroatoms. The molecular formula is C19H14ClFO3S. The highest BCUT2D eigenvalue weighted by molar-refractivity contribution is 7.18. The summed E-state index contributed by atoms with van der Waals surface area (Å²) in [6, 6.07) is 13.4. The summed E-state index contributed by atoms with van der Waals surface area (Å²) in [5.41, 5.74) is 2.37. The van der Waals surface area contributed by atoms with E-state index in [0.717, 1.165) is 21.8 Å². The molecule has 0 fully saturated rings. The lowest BCUT2D eigenvalue weighted by molar-refractivity contribution is 0.0606. The number of methoxy groups -OCH3 is 2. The van der Waals surface area contributed by atoms with Crippen LogP contribution in [0.2, 0.25) is 5.02 Å². The molecule has 1 aromatic heterocycles. The van der Waals surface area contributed by atoms with E-state index in [0.29, 0.717) is 10.4 Å². The molecule has 0 bridgehead atoms. The molecule has 3 aromatic rings. The summed E-state index contributed by atoms with van der Waals surface area (Å²) in [4.78, 5) is 13.2. The maximum Gasteiger partial charge on any atom is 0.348 e. The van der Waals surface area contributed by atoms with Crippen molar-refractivity contribution in [3.05, 3.63) is 64.2 Å². The van der Waals surface area contributed by atoms with Gasteiger partial charge in [0.25, 0.3) is 0 Å². The summed E-state index contributed by atoms with van der Waals surface area (Å²) in [6.45, 7) is 0. The van der Waals surface area contributed by atoms with Crippen molar-refractivity contribution in [2.24, 2.45) is 0 Å². The molecule has 0 aliphatic rings. The largest absolute Gasteiger partial charge is 0.497 e. The fourth-order valence-electron chi connectivity index (χ4n) is 2.45. The second kappa shape index (κ2) is 7.25. The van der Waals surface area contributed by atoms with Crippen LogP contribution in [0.1, 0.15) is 9.67 Å². The topological polar surface area (TPSA) is 35.5 Å². The maximum atomic E-state index is 13.4. The summed E-state index contributed by atoms with van der Waals surface area (Å²) in [7, 11) is 2.93. The first-order chi connectivity index (χ1) is 12.0. The first-order valence-corrected chi connectivity index (χ1v) is 8.55. The van der Waals surface area contributed by atoms with Crippen LogP contribution in [0.3, 0.4) is 0 Å². The van der Waals surface area contributed by atoms with E-state index in [-0.39, 0.29) is 5.02 Å². The van der Waals surface area contributed by atoms with Crippen LogP contribution in [0.25, 0.3) is 21.6 Å². The minimum atomic E-state index is -0.427. The lowest BCUT2D eigenvalue weighted by Crippen LogP contribution is -1.96. The van der Waals surface area contributed by atoms with Crippen molar-refractivity contribution >= 4 is 28.9 Å². The first kappa shape index (κ1) is 17.5. The SMILES string of the molecule is COC(=O)c1cc(-c2ccc(OC)cc2)c(-c2ccc(F)cc2Cl)s1. The van der Waals surface area contributed by atoms with Crippen molar-refractivity contribution in [3.63, 3.8) is 0 Å². The van der Waals surface area contributed by atoms with Crippen LogP contribution < -0.4 is 4.74 Å². The van der Waals surface area contributed by atoms with Gasteiger partial charge in [0.15, 0.2) is 0 Å². The Morgan fingerprint density at radius 1 is 1.04 bits per heavy atom. The molecule has 25 heavy (non-hydrogen) atoms. The minimum Gasteiger partial charge on any atom is -0.497 e. The summed E-state index contributed by atoms with van der Waals surface area (Å²) in [5.74, 6) is -0.109. The molecule has 0 saturated carbocycles. The molecule has 2 aromatic carbocycles. The molecule has 0 atom stereocenters. The Kier molecular flexibility index (Phi) is 5.06. The Balaban J connectivity index is 2.18. The first-order valence-electron chi connectivity index (χ1n) is 7.35. The number of hydrogen-bond acceptors (Lipinski definition) is 4. The van der Waals surface area contributed by atoms with E-state index in [2.05, 4.69) is 0 Å². The van der Waals surface area contributed by atoms with Crippen LogP contribution >= 0.6 is 22.9 Å². The Morgan fingerprint density at radius 2 is 1.76 bits per heavy atom. The van der Waals surface area contributed by atoms with E-state index < -0.39 is 11.8 Å². The number of rotatable bonds is 4. The highest BCUT2D eigenvalue weighted by atomic mass is 35.5. The van der Waals surface area contributed by atoms with Crippen LogP contribution in [0.15, 0.2) is 48.5 Å². The fourth-order valence-corrected chi connectivity index (χ4v) is 3.91. The number of thiophene rings is 1. The molecule has 0 unspecified atom stereocenters. The third-order valence-corrected chi connectivity index (χ3v) is 5.16. The summed E-state index contributed by atoms with van der Waals surface area (Å²) >= 11 is 7.48. The molecule has 0 aliphatic heterocycles. The van der Waals surface area contributed by atoms with Gasteiger partial charge in [-0.2, -0.15) is 0 Å². The van der Waals surface area contributed by atoms with Gasteiger partial charge in [-0.1, -0.05) is 23.7 Å². The normalized spacial score (nSPS) is 10.6. The molecule has 1 heterocycles.